The van der Waals surface area contributed by atoms with Gasteiger partial charge in [-0.05, 0) is 30.3 Å². The van der Waals surface area contributed by atoms with Crippen molar-refractivity contribution < 1.29 is 4.39 Å². The highest BCUT2D eigenvalue weighted by molar-refractivity contribution is 9.10. The summed E-state index contributed by atoms with van der Waals surface area (Å²) in [7, 11) is 0. The van der Waals surface area contributed by atoms with E-state index in [4.69, 9.17) is 34.8 Å². The minimum absolute atomic E-state index is 0.0635. The maximum atomic E-state index is 14.0. The van der Waals surface area contributed by atoms with Crippen molar-refractivity contribution in [1.29, 1.82) is 0 Å². The number of aromatic nitrogens is 2. The standard InChI is InChI=1S/C14H5BrCl3FN2/c15-6-1-2-8(16)7(5-6)14-20-12-10(19)4-3-9(17)11(12)13(18)21-14/h1-5H. The molecule has 0 unspecified atom stereocenters. The zero-order valence-electron chi connectivity index (χ0n) is 10.2. The molecule has 3 aromatic rings. The van der Waals surface area contributed by atoms with Crippen LogP contribution in [0.4, 0.5) is 4.39 Å². The van der Waals surface area contributed by atoms with Gasteiger partial charge in [-0.1, -0.05) is 50.7 Å². The molecule has 2 aromatic carbocycles. The number of hydrogen-bond acceptors (Lipinski definition) is 2. The first-order chi connectivity index (χ1) is 9.97. The molecule has 1 heterocycles. The van der Waals surface area contributed by atoms with Crippen LogP contribution in [-0.2, 0) is 0 Å². The predicted molar refractivity (Wildman–Crippen MR) is 87.7 cm³/mol. The van der Waals surface area contributed by atoms with E-state index in [-0.39, 0.29) is 21.9 Å². The summed E-state index contributed by atoms with van der Waals surface area (Å²) in [4.78, 5) is 8.38. The smallest absolute Gasteiger partial charge is 0.163 e. The number of nitrogens with zero attached hydrogens (tertiary/aromatic N) is 2. The van der Waals surface area contributed by atoms with Crippen LogP contribution in [0.1, 0.15) is 0 Å². The van der Waals surface area contributed by atoms with E-state index < -0.39 is 5.82 Å². The molecule has 0 fully saturated rings. The lowest BCUT2D eigenvalue weighted by atomic mass is 10.2. The Labute approximate surface area is 143 Å². The topological polar surface area (TPSA) is 25.8 Å². The molecule has 0 aliphatic heterocycles. The van der Waals surface area contributed by atoms with E-state index in [9.17, 15) is 4.39 Å². The fourth-order valence-electron chi connectivity index (χ4n) is 1.92. The Morgan fingerprint density at radius 1 is 0.952 bits per heavy atom. The molecule has 3 rings (SSSR count). The van der Waals surface area contributed by atoms with Gasteiger partial charge in [-0.2, -0.15) is 0 Å². The van der Waals surface area contributed by atoms with Crippen molar-refractivity contribution in [2.24, 2.45) is 0 Å². The minimum Gasteiger partial charge on any atom is -0.225 e. The van der Waals surface area contributed by atoms with Crippen molar-refractivity contribution in [3.05, 3.63) is 55.8 Å². The highest BCUT2D eigenvalue weighted by Crippen LogP contribution is 2.34. The molecule has 0 saturated heterocycles. The van der Waals surface area contributed by atoms with Gasteiger partial charge in [0.25, 0.3) is 0 Å². The Morgan fingerprint density at radius 2 is 1.67 bits per heavy atom. The second kappa shape index (κ2) is 5.69. The van der Waals surface area contributed by atoms with Gasteiger partial charge in [0.15, 0.2) is 5.82 Å². The highest BCUT2D eigenvalue weighted by atomic mass is 79.9. The average Bonchev–Trinajstić information content (AvgIpc) is 2.45. The SMILES string of the molecule is Fc1ccc(Cl)c2c(Cl)nc(-c3cc(Br)ccc3Cl)nc12. The van der Waals surface area contributed by atoms with Crippen LogP contribution in [-0.4, -0.2) is 9.97 Å². The summed E-state index contributed by atoms with van der Waals surface area (Å²) < 4.78 is 14.8. The van der Waals surface area contributed by atoms with Gasteiger partial charge < -0.3 is 0 Å². The molecule has 0 spiro atoms. The van der Waals surface area contributed by atoms with Gasteiger partial charge in [0.2, 0.25) is 0 Å². The van der Waals surface area contributed by atoms with Crippen LogP contribution in [0, 0.1) is 5.82 Å². The number of halogens is 5. The first kappa shape index (κ1) is 15.0. The van der Waals surface area contributed by atoms with E-state index in [1.165, 1.54) is 12.1 Å². The quantitative estimate of drug-likeness (QED) is 0.453. The summed E-state index contributed by atoms with van der Waals surface area (Å²) in [6.45, 7) is 0. The molecule has 0 atom stereocenters. The van der Waals surface area contributed by atoms with Crippen molar-refractivity contribution in [2.75, 3.05) is 0 Å². The van der Waals surface area contributed by atoms with E-state index >= 15 is 0 Å². The molecule has 21 heavy (non-hydrogen) atoms. The van der Waals surface area contributed by atoms with Crippen LogP contribution in [0.2, 0.25) is 15.2 Å². The molecular weight excluding hydrogens is 401 g/mol. The van der Waals surface area contributed by atoms with Gasteiger partial charge in [-0.15, -0.1) is 0 Å². The van der Waals surface area contributed by atoms with Gasteiger partial charge in [0, 0.05) is 10.0 Å². The van der Waals surface area contributed by atoms with Crippen molar-refractivity contribution in [3.8, 4) is 11.4 Å². The van der Waals surface area contributed by atoms with Gasteiger partial charge in [-0.25, -0.2) is 14.4 Å². The van der Waals surface area contributed by atoms with E-state index in [2.05, 4.69) is 25.9 Å². The molecule has 106 valence electrons. The van der Waals surface area contributed by atoms with Gasteiger partial charge in [-0.3, -0.25) is 0 Å². The third-order valence-corrected chi connectivity index (χ3v) is 4.29. The van der Waals surface area contributed by atoms with Crippen molar-refractivity contribution in [3.63, 3.8) is 0 Å². The molecule has 0 bridgehead atoms. The van der Waals surface area contributed by atoms with E-state index in [1.54, 1.807) is 18.2 Å². The summed E-state index contributed by atoms with van der Waals surface area (Å²) in [5.74, 6) is -0.286. The van der Waals surface area contributed by atoms with Crippen LogP contribution >= 0.6 is 50.7 Å². The molecule has 0 radical (unpaired) electrons. The first-order valence-corrected chi connectivity index (χ1v) is 7.66. The Balaban J connectivity index is 2.35. The first-order valence-electron chi connectivity index (χ1n) is 5.74. The number of fused-ring (bicyclic) bond motifs is 1. The van der Waals surface area contributed by atoms with Crippen LogP contribution < -0.4 is 0 Å². The zero-order valence-corrected chi connectivity index (χ0v) is 14.0. The van der Waals surface area contributed by atoms with Crippen LogP contribution in [0.3, 0.4) is 0 Å². The Morgan fingerprint density at radius 3 is 2.43 bits per heavy atom. The van der Waals surface area contributed by atoms with Crippen molar-refractivity contribution in [1.82, 2.24) is 9.97 Å². The third-order valence-electron chi connectivity index (χ3n) is 2.88. The molecule has 0 amide bonds. The number of hydrogen-bond donors (Lipinski definition) is 0. The molecule has 1 aromatic heterocycles. The Hall–Kier alpha value is -0.940. The second-order valence-corrected chi connectivity index (χ2v) is 6.30. The van der Waals surface area contributed by atoms with Gasteiger partial charge >= 0.3 is 0 Å². The second-order valence-electron chi connectivity index (χ2n) is 4.22. The van der Waals surface area contributed by atoms with Crippen molar-refractivity contribution >= 4 is 61.6 Å². The molecule has 0 saturated carbocycles. The number of rotatable bonds is 1. The summed E-state index contributed by atoms with van der Waals surface area (Å²) in [5, 5.41) is 1.10. The van der Waals surface area contributed by atoms with Gasteiger partial charge in [0.05, 0.1) is 15.4 Å². The summed E-state index contributed by atoms with van der Waals surface area (Å²) in [6, 6.07) is 7.87. The van der Waals surface area contributed by atoms with E-state index in [0.717, 1.165) is 4.47 Å². The fraction of sp³-hybridized carbons (Fsp3) is 0. The van der Waals surface area contributed by atoms with Crippen LogP contribution in [0.15, 0.2) is 34.8 Å². The molecule has 2 nitrogen and oxygen atoms in total. The monoisotopic (exact) mass is 404 g/mol. The van der Waals surface area contributed by atoms with Crippen LogP contribution in [0.25, 0.3) is 22.3 Å². The highest BCUT2D eigenvalue weighted by Gasteiger charge is 2.16. The van der Waals surface area contributed by atoms with Gasteiger partial charge in [0.1, 0.15) is 16.5 Å². The lowest BCUT2D eigenvalue weighted by Crippen LogP contribution is -1.95. The molecule has 7 heteroatoms. The maximum Gasteiger partial charge on any atom is 0.163 e. The largest absolute Gasteiger partial charge is 0.225 e. The van der Waals surface area contributed by atoms with E-state index in [0.29, 0.717) is 15.6 Å². The maximum absolute atomic E-state index is 14.0. The average molecular weight is 406 g/mol. The summed E-state index contributed by atoms with van der Waals surface area (Å²) >= 11 is 21.6. The Kier molecular flexibility index (Phi) is 4.06. The fourth-order valence-corrected chi connectivity index (χ4v) is 3.04. The molecule has 0 aliphatic carbocycles. The lowest BCUT2D eigenvalue weighted by Gasteiger charge is -2.08. The molecular formula is C14H5BrCl3FN2. The molecule has 0 N–H and O–H groups in total. The predicted octanol–water partition coefficient (Wildman–Crippen LogP) is 6.16. The van der Waals surface area contributed by atoms with E-state index in [1.807, 2.05) is 0 Å². The zero-order chi connectivity index (χ0) is 15.1. The minimum atomic E-state index is -0.522. The summed E-state index contributed by atoms with van der Waals surface area (Å²) in [6.07, 6.45) is 0. The normalized spacial score (nSPS) is 11.1. The van der Waals surface area contributed by atoms with Crippen LogP contribution in [0.5, 0.6) is 0 Å². The number of benzene rings is 2. The van der Waals surface area contributed by atoms with Crippen molar-refractivity contribution in [2.45, 2.75) is 0 Å². The molecule has 0 aliphatic rings. The summed E-state index contributed by atoms with van der Waals surface area (Å²) in [5.41, 5.74) is 0.614. The Bertz CT molecular complexity index is 870. The third kappa shape index (κ3) is 2.73. The lowest BCUT2D eigenvalue weighted by molar-refractivity contribution is 0.636.